The third kappa shape index (κ3) is 4.79. The Morgan fingerprint density at radius 2 is 2.15 bits per heavy atom. The van der Waals surface area contributed by atoms with Crippen LogP contribution in [0, 0.1) is 26.8 Å². The molecule has 1 radical (unpaired) electrons. The zero-order chi connectivity index (χ0) is 14.4. The molecule has 0 aliphatic rings. The fraction of sp³-hybridized carbons (Fsp3) is 0.333. The van der Waals surface area contributed by atoms with E-state index in [1.165, 1.54) is 25.4 Å². The molecule has 105 valence electrons. The average molecular weight is 515 g/mol. The van der Waals surface area contributed by atoms with Crippen LogP contribution in [0.3, 0.4) is 0 Å². The summed E-state index contributed by atoms with van der Waals surface area (Å²) in [6, 6.07) is 0. The third-order valence-electron chi connectivity index (χ3n) is 2.92. The van der Waals surface area contributed by atoms with Gasteiger partial charge < -0.3 is 0 Å². The van der Waals surface area contributed by atoms with Crippen LogP contribution in [0.5, 0.6) is 0 Å². The summed E-state index contributed by atoms with van der Waals surface area (Å²) in [5.41, 5.74) is 2.27. The van der Waals surface area contributed by atoms with Crippen LogP contribution in [-0.2, 0) is 58.5 Å². The van der Waals surface area contributed by atoms with Crippen LogP contribution in [0.1, 0.15) is 30.4 Å². The zero-order valence-electron chi connectivity index (χ0n) is 12.1. The minimum atomic E-state index is -0.01000. The molecule has 0 aromatic carbocycles. The Hall–Kier alpha value is 0.0222. The van der Waals surface area contributed by atoms with Crippen molar-refractivity contribution in [2.24, 2.45) is 0 Å². The Morgan fingerprint density at radius 3 is 2.65 bits per heavy atom. The van der Waals surface area contributed by atoms with Gasteiger partial charge in [0.2, 0.25) is 0 Å². The van der Waals surface area contributed by atoms with Crippen LogP contribution in [0.2, 0.25) is 0 Å². The molecule has 1 aromatic heterocycles. The van der Waals surface area contributed by atoms with Gasteiger partial charge in [0.1, 0.15) is 0 Å². The topological polar surface area (TPSA) is 34.9 Å². The molecule has 0 atom stereocenters. The summed E-state index contributed by atoms with van der Waals surface area (Å²) in [6.45, 7) is 11.1. The van der Waals surface area contributed by atoms with Crippen molar-refractivity contribution in [2.75, 3.05) is 0 Å². The smallest absolute Gasteiger partial charge is 0 e. The van der Waals surface area contributed by atoms with Crippen LogP contribution in [0.4, 0.5) is 0 Å². The predicted molar refractivity (Wildman–Crippen MR) is 75.5 cm³/mol. The number of aromatic nitrogens is 2. The summed E-state index contributed by atoms with van der Waals surface area (Å²) in [7, 11) is 0. The number of aryl methyl sites for hydroxylation is 2. The van der Waals surface area contributed by atoms with Crippen LogP contribution in [0.25, 0.3) is 5.70 Å². The van der Waals surface area contributed by atoms with Crippen molar-refractivity contribution in [3.8, 4) is 0 Å². The van der Waals surface area contributed by atoms with Gasteiger partial charge in [-0.1, -0.05) is 0 Å². The largest absolute Gasteiger partial charge is 0 e. The molecule has 0 bridgehead atoms. The molecule has 1 aromatic rings. The molecule has 0 N–H and O–H groups in total. The van der Waals surface area contributed by atoms with Gasteiger partial charge in [0.25, 0.3) is 0 Å². The van der Waals surface area contributed by atoms with E-state index in [0.29, 0.717) is 5.56 Å². The molecule has 5 heteroatoms. The standard InChI is InChI=1S/C15H18N2O.W.Y/c1-6-8-10-14-16-13(5)12(4)15(18)17(14)11(3)9-7-2;;/h2-3,6-7,9H,8,10H2,1,4-5H3;;/q-2;;/b11-9+;;. The summed E-state index contributed by atoms with van der Waals surface area (Å²) in [6.07, 6.45) is 6.91. The zero-order valence-corrected chi connectivity index (χ0v) is 17.9. The monoisotopic (exact) mass is 515 g/mol. The summed E-state index contributed by atoms with van der Waals surface area (Å²) in [4.78, 5) is 17.0. The molecule has 0 aliphatic carbocycles. The molecule has 20 heavy (non-hydrogen) atoms. The van der Waals surface area contributed by atoms with E-state index in [2.05, 4.69) is 11.4 Å². The van der Waals surface area contributed by atoms with Crippen LogP contribution in [-0.4, -0.2) is 14.0 Å². The Balaban J connectivity index is 0.00000361. The second-order valence-electron chi connectivity index (χ2n) is 4.23. The molecular formula is C15H18N2OWY-2. The van der Waals surface area contributed by atoms with E-state index in [1.807, 2.05) is 25.2 Å². The SMILES string of the molecule is [CH-]=C/C=C(\[CH]=[W])n1c(CC[CH-]C)nc(C)c(C)c1=O.[Y]. The van der Waals surface area contributed by atoms with Crippen molar-refractivity contribution in [1.29, 1.82) is 0 Å². The van der Waals surface area contributed by atoms with E-state index < -0.39 is 0 Å². The summed E-state index contributed by atoms with van der Waals surface area (Å²) < 4.78 is 3.61. The van der Waals surface area contributed by atoms with Gasteiger partial charge in [0.15, 0.2) is 0 Å². The Labute approximate surface area is 156 Å². The van der Waals surface area contributed by atoms with Crippen molar-refractivity contribution >= 4 is 10.1 Å². The minimum Gasteiger partial charge on any atom is 0 e. The number of hydrogen-bond donors (Lipinski definition) is 0. The first-order valence-corrected chi connectivity index (χ1v) is 7.83. The van der Waals surface area contributed by atoms with E-state index in [0.717, 1.165) is 30.1 Å². The maximum Gasteiger partial charge on any atom is 0 e. The van der Waals surface area contributed by atoms with Gasteiger partial charge in [0, 0.05) is 32.7 Å². The van der Waals surface area contributed by atoms with E-state index in [4.69, 9.17) is 6.58 Å². The molecule has 0 saturated heterocycles. The van der Waals surface area contributed by atoms with Gasteiger partial charge in [-0.2, -0.15) is 0 Å². The van der Waals surface area contributed by atoms with Crippen molar-refractivity contribution in [3.63, 3.8) is 0 Å². The van der Waals surface area contributed by atoms with Crippen LogP contribution >= 0.6 is 0 Å². The maximum atomic E-state index is 12.5. The molecule has 0 saturated carbocycles. The molecule has 0 spiro atoms. The summed E-state index contributed by atoms with van der Waals surface area (Å²) in [5.74, 6) is 0.789. The van der Waals surface area contributed by atoms with Gasteiger partial charge in [0.05, 0.1) is 0 Å². The second-order valence-corrected chi connectivity index (χ2v) is 5.07. The fourth-order valence-corrected chi connectivity index (χ4v) is 2.40. The molecule has 3 nitrogen and oxygen atoms in total. The van der Waals surface area contributed by atoms with E-state index in [9.17, 15) is 4.79 Å². The Kier molecular flexibility index (Phi) is 9.88. The Morgan fingerprint density at radius 1 is 1.50 bits per heavy atom. The van der Waals surface area contributed by atoms with E-state index in [-0.39, 0.29) is 38.3 Å². The number of unbranched alkanes of at least 4 members (excludes halogenated alkanes) is 1. The average Bonchev–Trinajstić information content (AvgIpc) is 2.41. The van der Waals surface area contributed by atoms with Gasteiger partial charge >= 0.3 is 125 Å². The molecule has 0 fully saturated rings. The molecular weight excluding hydrogens is 497 g/mol. The number of allylic oxidation sites excluding steroid dienone is 3. The second kappa shape index (κ2) is 9.87. The first-order chi connectivity index (χ1) is 9.06. The third-order valence-corrected chi connectivity index (χ3v) is 3.79. The fourth-order valence-electron chi connectivity index (χ4n) is 1.74. The molecule has 0 aliphatic heterocycles. The van der Waals surface area contributed by atoms with E-state index >= 15 is 0 Å². The van der Waals surface area contributed by atoms with Gasteiger partial charge in [-0.25, -0.2) is 0 Å². The summed E-state index contributed by atoms with van der Waals surface area (Å²) >= 11 is 1.27. The number of hydrogen-bond acceptors (Lipinski definition) is 2. The van der Waals surface area contributed by atoms with Crippen molar-refractivity contribution in [3.05, 3.63) is 52.6 Å². The first kappa shape index (κ1) is 20.0. The molecule has 0 amide bonds. The van der Waals surface area contributed by atoms with Gasteiger partial charge in [-0.05, 0) is 0 Å². The predicted octanol–water partition coefficient (Wildman–Crippen LogP) is 2.19. The number of rotatable bonds is 6. The van der Waals surface area contributed by atoms with Gasteiger partial charge in [-0.3, -0.25) is 0 Å². The normalized spacial score (nSPS) is 10.8. The quantitative estimate of drug-likeness (QED) is 0.431. The van der Waals surface area contributed by atoms with Crippen molar-refractivity contribution in [2.45, 2.75) is 33.6 Å². The minimum absolute atomic E-state index is 0. The first-order valence-electron chi connectivity index (χ1n) is 6.14. The van der Waals surface area contributed by atoms with Crippen molar-refractivity contribution < 1.29 is 52.1 Å². The molecule has 0 unspecified atom stereocenters. The van der Waals surface area contributed by atoms with E-state index in [1.54, 1.807) is 10.6 Å². The Bertz CT molecular complexity index is 576. The van der Waals surface area contributed by atoms with Crippen molar-refractivity contribution in [1.82, 2.24) is 9.55 Å². The van der Waals surface area contributed by atoms with Crippen LogP contribution in [0.15, 0.2) is 16.9 Å². The maximum absolute atomic E-state index is 12.5. The summed E-state index contributed by atoms with van der Waals surface area (Å²) in [5, 5.41) is 0. The number of nitrogens with zero attached hydrogens (tertiary/aromatic N) is 2. The molecule has 1 heterocycles. The van der Waals surface area contributed by atoms with Gasteiger partial charge in [-0.15, -0.1) is 0 Å². The van der Waals surface area contributed by atoms with Crippen LogP contribution < -0.4 is 5.56 Å². The molecule has 1 rings (SSSR count).